The van der Waals surface area contributed by atoms with Gasteiger partial charge in [0.25, 0.3) is 0 Å². The summed E-state index contributed by atoms with van der Waals surface area (Å²) < 4.78 is 0. The third kappa shape index (κ3) is 17.6. The highest BCUT2D eigenvalue weighted by atomic mass is 14.6. The van der Waals surface area contributed by atoms with E-state index in [1.54, 1.807) is 0 Å². The Kier molecular flexibility index (Phi) is 19.6. The molecule has 0 fully saturated rings. The van der Waals surface area contributed by atoms with Crippen molar-refractivity contribution in [1.29, 1.82) is 0 Å². The summed E-state index contributed by atoms with van der Waals surface area (Å²) in [7, 11) is 0. The van der Waals surface area contributed by atoms with Crippen molar-refractivity contribution in [1.82, 2.24) is 0 Å². The number of aryl methyl sites for hydroxylation is 11. The monoisotopic (exact) mass is 727 g/mol. The van der Waals surface area contributed by atoms with Gasteiger partial charge in [-0.25, -0.2) is 0 Å². The Labute approximate surface area is 326 Å². The van der Waals surface area contributed by atoms with E-state index in [0.717, 1.165) is 56.4 Å². The molecule has 0 aliphatic carbocycles. The predicted octanol–water partition coefficient (Wildman–Crippen LogP) is 11.3. The van der Waals surface area contributed by atoms with Crippen molar-refractivity contribution in [2.45, 2.75) is 83.1 Å². The van der Waals surface area contributed by atoms with Crippen molar-refractivity contribution in [3.63, 3.8) is 0 Å². The fourth-order valence-corrected chi connectivity index (χ4v) is 4.96. The number of hydrogen-bond donors (Lipinski definition) is 6. The maximum absolute atomic E-state index is 5.68. The van der Waals surface area contributed by atoms with Crippen LogP contribution in [0, 0.1) is 83.1 Å². The Morgan fingerprint density at radius 3 is 1.19 bits per heavy atom. The molecule has 6 heteroatoms. The number of benzene rings is 6. The summed E-state index contributed by atoms with van der Waals surface area (Å²) in [5.74, 6) is 0. The van der Waals surface area contributed by atoms with Gasteiger partial charge in [0.2, 0.25) is 0 Å². The standard InChI is InChI=1S/6C8H11N/c1-6-3-7(2)5-8(9)4-6;1-6-3-4-8(9)5-7(6)2;1-6-3-4-8(9)7(2)5-6;1-6-3-4-7(2)8(9)5-6;1-6-4-3-5-8(9)7(6)2;1-6-4-3-5-7(2)8(6)9/h6*3-5H,9H2,1-2H3. The molecule has 288 valence electrons. The molecule has 0 atom stereocenters. The molecule has 6 aromatic carbocycles. The molecular weight excluding hydrogens is 661 g/mol. The lowest BCUT2D eigenvalue weighted by Gasteiger charge is -2.00. The van der Waals surface area contributed by atoms with E-state index in [1.807, 2.05) is 140 Å². The summed E-state index contributed by atoms with van der Waals surface area (Å²) in [6.45, 7) is 24.5. The van der Waals surface area contributed by atoms with Crippen LogP contribution >= 0.6 is 0 Å². The summed E-state index contributed by atoms with van der Waals surface area (Å²) in [6, 6.07) is 36.1. The highest BCUT2D eigenvalue weighted by Gasteiger charge is 1.95. The Balaban J connectivity index is 0.000000324. The van der Waals surface area contributed by atoms with E-state index in [-0.39, 0.29) is 0 Å². The quantitative estimate of drug-likeness (QED) is 0.0856. The summed E-state index contributed by atoms with van der Waals surface area (Å²) >= 11 is 0. The highest BCUT2D eigenvalue weighted by Crippen LogP contribution is 2.15. The number of nitrogen functional groups attached to an aromatic ring is 6. The van der Waals surface area contributed by atoms with Gasteiger partial charge < -0.3 is 34.4 Å². The van der Waals surface area contributed by atoms with E-state index in [4.69, 9.17) is 34.4 Å². The molecular formula is C48H66N6. The van der Waals surface area contributed by atoms with Crippen LogP contribution in [-0.2, 0) is 0 Å². The Morgan fingerprint density at radius 1 is 0.278 bits per heavy atom. The van der Waals surface area contributed by atoms with Gasteiger partial charge in [-0.05, 0) is 187 Å². The van der Waals surface area contributed by atoms with Crippen molar-refractivity contribution >= 4 is 34.1 Å². The van der Waals surface area contributed by atoms with E-state index in [0.29, 0.717) is 0 Å². The van der Waals surface area contributed by atoms with E-state index in [2.05, 4.69) is 52.0 Å². The third-order valence-corrected chi connectivity index (χ3v) is 8.82. The lowest BCUT2D eigenvalue weighted by atomic mass is 10.1. The van der Waals surface area contributed by atoms with E-state index >= 15 is 0 Å². The second-order valence-corrected chi connectivity index (χ2v) is 14.1. The molecule has 54 heavy (non-hydrogen) atoms. The molecule has 6 aromatic rings. The second kappa shape index (κ2) is 22.9. The first-order valence-electron chi connectivity index (χ1n) is 18.2. The maximum atomic E-state index is 5.68. The fourth-order valence-electron chi connectivity index (χ4n) is 4.96. The van der Waals surface area contributed by atoms with Gasteiger partial charge in [-0.3, -0.25) is 0 Å². The number of hydrogen-bond acceptors (Lipinski definition) is 6. The lowest BCUT2D eigenvalue weighted by molar-refractivity contribution is 1.34. The fraction of sp³-hybridized carbons (Fsp3) is 0.250. The van der Waals surface area contributed by atoms with Crippen molar-refractivity contribution in [2.75, 3.05) is 34.4 Å². The van der Waals surface area contributed by atoms with Gasteiger partial charge in [0, 0.05) is 34.1 Å². The van der Waals surface area contributed by atoms with E-state index < -0.39 is 0 Å². The first-order chi connectivity index (χ1) is 25.2. The van der Waals surface area contributed by atoms with Crippen molar-refractivity contribution in [2.24, 2.45) is 0 Å². The van der Waals surface area contributed by atoms with Crippen molar-refractivity contribution in [3.8, 4) is 0 Å². The van der Waals surface area contributed by atoms with Gasteiger partial charge in [0.05, 0.1) is 0 Å². The lowest BCUT2D eigenvalue weighted by Crippen LogP contribution is -1.91. The van der Waals surface area contributed by atoms with Crippen LogP contribution in [0.1, 0.15) is 66.8 Å². The van der Waals surface area contributed by atoms with E-state index in [9.17, 15) is 0 Å². The predicted molar refractivity (Wildman–Crippen MR) is 242 cm³/mol. The normalized spacial score (nSPS) is 9.56. The van der Waals surface area contributed by atoms with Gasteiger partial charge in [0.15, 0.2) is 0 Å². The van der Waals surface area contributed by atoms with Crippen molar-refractivity contribution in [3.05, 3.63) is 176 Å². The zero-order valence-corrected chi connectivity index (χ0v) is 34.9. The van der Waals surface area contributed by atoms with Crippen LogP contribution in [0.25, 0.3) is 0 Å². The zero-order chi connectivity index (χ0) is 41.1. The van der Waals surface area contributed by atoms with Gasteiger partial charge in [-0.15, -0.1) is 0 Å². The molecule has 0 saturated heterocycles. The average Bonchev–Trinajstić information content (AvgIpc) is 3.09. The molecule has 0 bridgehead atoms. The van der Waals surface area contributed by atoms with Crippen molar-refractivity contribution < 1.29 is 0 Å². The van der Waals surface area contributed by atoms with Crippen LogP contribution in [0.3, 0.4) is 0 Å². The molecule has 0 unspecified atom stereocenters. The summed E-state index contributed by atoms with van der Waals surface area (Å²) in [5.41, 5.74) is 53.4. The van der Waals surface area contributed by atoms with E-state index in [1.165, 1.54) is 44.5 Å². The number of rotatable bonds is 0. The number of nitrogens with two attached hydrogens (primary N) is 6. The van der Waals surface area contributed by atoms with Crippen LogP contribution in [0.2, 0.25) is 0 Å². The SMILES string of the molecule is Cc1cc(C)cc(N)c1.Cc1ccc(C)c(N)c1.Cc1ccc(N)c(C)c1.Cc1ccc(N)cc1C.Cc1cccc(C)c1N.Cc1cccc(N)c1C. The molecule has 6 rings (SSSR count). The van der Waals surface area contributed by atoms with Crippen LogP contribution in [0.4, 0.5) is 34.1 Å². The molecule has 0 aromatic heterocycles. The molecule has 0 aliphatic heterocycles. The third-order valence-electron chi connectivity index (χ3n) is 8.82. The zero-order valence-electron chi connectivity index (χ0n) is 34.9. The second-order valence-electron chi connectivity index (χ2n) is 14.1. The molecule has 0 saturated carbocycles. The topological polar surface area (TPSA) is 156 Å². The highest BCUT2D eigenvalue weighted by molar-refractivity contribution is 5.52. The summed E-state index contributed by atoms with van der Waals surface area (Å²) in [4.78, 5) is 0. The van der Waals surface area contributed by atoms with Crippen LogP contribution in [0.5, 0.6) is 0 Å². The van der Waals surface area contributed by atoms with Gasteiger partial charge >= 0.3 is 0 Å². The summed E-state index contributed by atoms with van der Waals surface area (Å²) in [6.07, 6.45) is 0. The summed E-state index contributed by atoms with van der Waals surface area (Å²) in [5, 5.41) is 0. The minimum Gasteiger partial charge on any atom is -0.399 e. The minimum atomic E-state index is 0.845. The average molecular weight is 727 g/mol. The van der Waals surface area contributed by atoms with Gasteiger partial charge in [0.1, 0.15) is 0 Å². The first-order valence-corrected chi connectivity index (χ1v) is 18.2. The Hall–Kier alpha value is -5.88. The Bertz CT molecular complexity index is 1800. The van der Waals surface area contributed by atoms with Gasteiger partial charge in [-0.1, -0.05) is 72.3 Å². The number of anilines is 6. The first kappa shape index (κ1) is 46.1. The largest absolute Gasteiger partial charge is 0.399 e. The molecule has 0 radical (unpaired) electrons. The minimum absolute atomic E-state index is 0.845. The van der Waals surface area contributed by atoms with Crippen LogP contribution in [0.15, 0.2) is 109 Å². The number of para-hydroxylation sites is 1. The molecule has 0 heterocycles. The van der Waals surface area contributed by atoms with Crippen LogP contribution in [-0.4, -0.2) is 0 Å². The molecule has 0 aliphatic rings. The smallest absolute Gasteiger partial charge is 0.0373 e. The molecule has 0 amide bonds. The van der Waals surface area contributed by atoms with Crippen LogP contribution < -0.4 is 34.4 Å². The molecule has 0 spiro atoms. The maximum Gasteiger partial charge on any atom is 0.0373 e. The molecule has 6 nitrogen and oxygen atoms in total. The molecule has 12 N–H and O–H groups in total. The Morgan fingerprint density at radius 2 is 0.778 bits per heavy atom. The van der Waals surface area contributed by atoms with Gasteiger partial charge in [-0.2, -0.15) is 0 Å².